The zero-order valence-electron chi connectivity index (χ0n) is 9.37. The summed E-state index contributed by atoms with van der Waals surface area (Å²) in [6, 6.07) is 11.9. The van der Waals surface area contributed by atoms with Crippen LogP contribution in [0.2, 0.25) is 0 Å². The molecular formula is C14H19N. The normalized spacial score (nSPS) is 37.7. The molecule has 1 nitrogen and oxygen atoms in total. The minimum atomic E-state index is 0.564. The van der Waals surface area contributed by atoms with Crippen molar-refractivity contribution in [3.05, 3.63) is 35.9 Å². The Bertz CT molecular complexity index is 346. The molecule has 0 bridgehead atoms. The molecule has 3 unspecified atom stereocenters. The predicted octanol–water partition coefficient (Wildman–Crippen LogP) is 2.72. The van der Waals surface area contributed by atoms with Crippen molar-refractivity contribution in [2.24, 2.45) is 5.92 Å². The summed E-state index contributed by atoms with van der Waals surface area (Å²) in [6.45, 7) is 3.33. The topological polar surface area (TPSA) is 12.0 Å². The van der Waals surface area contributed by atoms with Gasteiger partial charge < -0.3 is 5.32 Å². The molecule has 0 radical (unpaired) electrons. The fourth-order valence-corrected chi connectivity index (χ4v) is 3.52. The number of fused-ring (bicyclic) bond motifs is 1. The fraction of sp³-hybridized carbons (Fsp3) is 0.571. The fourth-order valence-electron chi connectivity index (χ4n) is 3.52. The first-order valence-corrected chi connectivity index (χ1v) is 6.16. The van der Waals surface area contributed by atoms with Gasteiger partial charge in [-0.15, -0.1) is 0 Å². The van der Waals surface area contributed by atoms with E-state index >= 15 is 0 Å². The van der Waals surface area contributed by atoms with E-state index in [4.69, 9.17) is 0 Å². The van der Waals surface area contributed by atoms with Crippen molar-refractivity contribution in [1.82, 2.24) is 5.32 Å². The van der Waals surface area contributed by atoms with Crippen LogP contribution in [0, 0.1) is 5.92 Å². The summed E-state index contributed by atoms with van der Waals surface area (Å²) in [5.41, 5.74) is 2.14. The molecular weight excluding hydrogens is 182 g/mol. The first kappa shape index (κ1) is 9.41. The summed E-state index contributed by atoms with van der Waals surface area (Å²) >= 11 is 0. The number of benzene rings is 1. The van der Waals surface area contributed by atoms with E-state index in [1.807, 2.05) is 0 Å². The molecule has 1 heteroatoms. The van der Waals surface area contributed by atoms with Gasteiger partial charge in [-0.2, -0.15) is 0 Å². The highest BCUT2D eigenvalue weighted by atomic mass is 15.0. The van der Waals surface area contributed by atoms with E-state index in [1.54, 1.807) is 5.56 Å². The lowest BCUT2D eigenvalue weighted by molar-refractivity contribution is 0.489. The molecule has 0 saturated heterocycles. The largest absolute Gasteiger partial charge is 0.314 e. The van der Waals surface area contributed by atoms with Gasteiger partial charge >= 0.3 is 0 Å². The van der Waals surface area contributed by atoms with Gasteiger partial charge in [-0.25, -0.2) is 0 Å². The first-order valence-electron chi connectivity index (χ1n) is 6.16. The molecule has 2 fully saturated rings. The molecule has 1 aromatic rings. The second-order valence-electron chi connectivity index (χ2n) is 5.04. The summed E-state index contributed by atoms with van der Waals surface area (Å²) in [5.74, 6) is 0.917. The Balaban J connectivity index is 1.81. The van der Waals surface area contributed by atoms with Crippen LogP contribution in [0.4, 0.5) is 0 Å². The van der Waals surface area contributed by atoms with Crippen molar-refractivity contribution < 1.29 is 0 Å². The molecule has 15 heavy (non-hydrogen) atoms. The lowest BCUT2D eigenvalue weighted by atomic mass is 9.93. The van der Waals surface area contributed by atoms with Crippen LogP contribution in [-0.4, -0.2) is 12.6 Å². The average Bonchev–Trinajstić information content (AvgIpc) is 2.93. The van der Waals surface area contributed by atoms with Crippen LogP contribution in [0.15, 0.2) is 30.3 Å². The van der Waals surface area contributed by atoms with E-state index in [1.165, 1.54) is 19.3 Å². The molecule has 3 rings (SSSR count). The van der Waals surface area contributed by atoms with E-state index in [9.17, 15) is 0 Å². The van der Waals surface area contributed by atoms with Crippen LogP contribution in [0.25, 0.3) is 0 Å². The zero-order chi connectivity index (χ0) is 10.3. The van der Waals surface area contributed by atoms with Gasteiger partial charge in [-0.3, -0.25) is 0 Å². The van der Waals surface area contributed by atoms with Gasteiger partial charge in [-0.05, 0) is 37.3 Å². The predicted molar refractivity (Wildman–Crippen MR) is 62.9 cm³/mol. The quantitative estimate of drug-likeness (QED) is 0.793. The number of hydrogen-bond donors (Lipinski definition) is 1. The molecule has 0 spiro atoms. The molecule has 2 aliphatic carbocycles. The molecule has 0 heterocycles. The van der Waals surface area contributed by atoms with Crippen molar-refractivity contribution in [3.63, 3.8) is 0 Å². The highest BCUT2D eigenvalue weighted by Gasteiger charge is 2.61. The average molecular weight is 201 g/mol. The second kappa shape index (κ2) is 3.34. The SMILES string of the molecule is CCNC1CCC2(c3ccccc3)CC12. The molecule has 1 aromatic carbocycles. The second-order valence-corrected chi connectivity index (χ2v) is 5.04. The smallest absolute Gasteiger partial charge is 0.0104 e. The van der Waals surface area contributed by atoms with Crippen molar-refractivity contribution in [1.29, 1.82) is 0 Å². The van der Waals surface area contributed by atoms with E-state index in [2.05, 4.69) is 42.6 Å². The zero-order valence-corrected chi connectivity index (χ0v) is 9.37. The minimum Gasteiger partial charge on any atom is -0.314 e. The summed E-state index contributed by atoms with van der Waals surface area (Å²) in [5, 5.41) is 3.63. The van der Waals surface area contributed by atoms with Gasteiger partial charge in [0.1, 0.15) is 0 Å². The lowest BCUT2D eigenvalue weighted by Crippen LogP contribution is -2.28. The highest BCUT2D eigenvalue weighted by molar-refractivity contribution is 5.37. The van der Waals surface area contributed by atoms with Crippen molar-refractivity contribution in [2.75, 3.05) is 6.54 Å². The summed E-state index contributed by atoms with van der Waals surface area (Å²) in [6.07, 6.45) is 4.17. The van der Waals surface area contributed by atoms with E-state index < -0.39 is 0 Å². The molecule has 0 aromatic heterocycles. The van der Waals surface area contributed by atoms with Crippen LogP contribution >= 0.6 is 0 Å². The standard InChI is InChI=1S/C14H19N/c1-2-15-13-8-9-14(10-12(13)14)11-6-4-3-5-7-11/h3-7,12-13,15H,2,8-10H2,1H3. The maximum atomic E-state index is 3.63. The third kappa shape index (κ3) is 1.33. The van der Waals surface area contributed by atoms with E-state index in [-0.39, 0.29) is 0 Å². The molecule has 1 N–H and O–H groups in total. The van der Waals surface area contributed by atoms with Gasteiger partial charge in [0.15, 0.2) is 0 Å². The molecule has 2 aliphatic rings. The van der Waals surface area contributed by atoms with Gasteiger partial charge in [-0.1, -0.05) is 37.3 Å². The van der Waals surface area contributed by atoms with E-state index in [0.717, 1.165) is 18.5 Å². The van der Waals surface area contributed by atoms with Crippen molar-refractivity contribution >= 4 is 0 Å². The molecule has 0 aliphatic heterocycles. The van der Waals surface area contributed by atoms with Crippen LogP contribution in [0.3, 0.4) is 0 Å². The Morgan fingerprint density at radius 1 is 1.33 bits per heavy atom. The summed E-state index contributed by atoms with van der Waals surface area (Å²) in [7, 11) is 0. The molecule has 3 atom stereocenters. The Labute approximate surface area is 91.9 Å². The van der Waals surface area contributed by atoms with Gasteiger partial charge in [0.25, 0.3) is 0 Å². The van der Waals surface area contributed by atoms with Crippen LogP contribution < -0.4 is 5.32 Å². The number of nitrogens with one attached hydrogen (secondary N) is 1. The maximum absolute atomic E-state index is 3.63. The minimum absolute atomic E-state index is 0.564. The third-order valence-electron chi connectivity index (χ3n) is 4.34. The van der Waals surface area contributed by atoms with Crippen LogP contribution in [0.1, 0.15) is 31.7 Å². The maximum Gasteiger partial charge on any atom is 0.0104 e. The first-order chi connectivity index (χ1) is 7.37. The molecule has 2 saturated carbocycles. The number of rotatable bonds is 3. The summed E-state index contributed by atoms with van der Waals surface area (Å²) in [4.78, 5) is 0. The monoisotopic (exact) mass is 201 g/mol. The Hall–Kier alpha value is -0.820. The Morgan fingerprint density at radius 3 is 2.80 bits per heavy atom. The third-order valence-corrected chi connectivity index (χ3v) is 4.34. The molecule has 80 valence electrons. The van der Waals surface area contributed by atoms with Crippen molar-refractivity contribution in [2.45, 2.75) is 37.6 Å². The van der Waals surface area contributed by atoms with Crippen LogP contribution in [-0.2, 0) is 5.41 Å². The highest BCUT2D eigenvalue weighted by Crippen LogP contribution is 2.64. The Kier molecular flexibility index (Phi) is 2.10. The van der Waals surface area contributed by atoms with Gasteiger partial charge in [0, 0.05) is 11.5 Å². The van der Waals surface area contributed by atoms with Crippen molar-refractivity contribution in [3.8, 4) is 0 Å². The summed E-state index contributed by atoms with van der Waals surface area (Å²) < 4.78 is 0. The van der Waals surface area contributed by atoms with Crippen LogP contribution in [0.5, 0.6) is 0 Å². The lowest BCUT2D eigenvalue weighted by Gasteiger charge is -2.11. The molecule has 0 amide bonds. The number of hydrogen-bond acceptors (Lipinski definition) is 1. The van der Waals surface area contributed by atoms with E-state index in [0.29, 0.717) is 5.41 Å². The van der Waals surface area contributed by atoms with Gasteiger partial charge in [0.2, 0.25) is 0 Å². The van der Waals surface area contributed by atoms with Gasteiger partial charge in [0.05, 0.1) is 0 Å². The Morgan fingerprint density at radius 2 is 2.13 bits per heavy atom.